The molecule has 0 aliphatic carbocycles. The number of aromatic nitrogens is 1. The number of primary amides is 1. The molecule has 0 bridgehead atoms. The van der Waals surface area contributed by atoms with Gasteiger partial charge in [0.2, 0.25) is 0 Å². The Hall–Kier alpha value is -3.43. The van der Waals surface area contributed by atoms with Crippen molar-refractivity contribution in [3.8, 4) is 22.8 Å². The quantitative estimate of drug-likeness (QED) is 0.590. The van der Waals surface area contributed by atoms with E-state index in [1.807, 2.05) is 4.90 Å². The van der Waals surface area contributed by atoms with Gasteiger partial charge in [-0.2, -0.15) is 13.2 Å². The summed E-state index contributed by atoms with van der Waals surface area (Å²) < 4.78 is 51.1. The smallest absolute Gasteiger partial charge is 0.416 e. The molecule has 0 spiro atoms. The molecular weight excluding hydrogens is 435 g/mol. The molecule has 4 rings (SSSR count). The highest BCUT2D eigenvalue weighted by Gasteiger charge is 2.31. The van der Waals surface area contributed by atoms with E-state index in [1.54, 1.807) is 36.4 Å². The van der Waals surface area contributed by atoms with E-state index in [0.717, 1.165) is 17.7 Å². The number of hydrogen-bond donors (Lipinski definition) is 1. The molecule has 0 saturated carbocycles. The lowest BCUT2D eigenvalue weighted by atomic mass is 10.1. The number of nitrogens with two attached hydrogens (primary N) is 1. The summed E-state index contributed by atoms with van der Waals surface area (Å²) in [7, 11) is 0. The molecule has 1 amide bonds. The number of hydrogen-bond acceptors (Lipinski definition) is 5. The first-order chi connectivity index (χ1) is 15.8. The number of halogens is 3. The van der Waals surface area contributed by atoms with Crippen LogP contribution in [0.5, 0.6) is 11.5 Å². The molecule has 33 heavy (non-hydrogen) atoms. The van der Waals surface area contributed by atoms with Crippen LogP contribution in [-0.2, 0) is 17.5 Å². The Balaban J connectivity index is 1.57. The molecule has 0 atom stereocenters. The minimum Gasteiger partial charge on any atom is -0.457 e. The lowest BCUT2D eigenvalue weighted by Crippen LogP contribution is -2.35. The zero-order valence-electron chi connectivity index (χ0n) is 17.6. The van der Waals surface area contributed by atoms with Crippen molar-refractivity contribution in [1.29, 1.82) is 0 Å². The molecule has 172 valence electrons. The zero-order valence-corrected chi connectivity index (χ0v) is 17.6. The van der Waals surface area contributed by atoms with Crippen LogP contribution in [-0.4, -0.2) is 42.1 Å². The van der Waals surface area contributed by atoms with Crippen LogP contribution in [0.3, 0.4) is 0 Å². The first kappa shape index (κ1) is 22.8. The summed E-state index contributed by atoms with van der Waals surface area (Å²) in [6.07, 6.45) is -4.44. The SMILES string of the molecule is NC(=O)c1cccc(-c2ccc(Oc3ccc(C(F)(F)F)cc3CN3CCOCC3)cc2)n1. The standard InChI is InChI=1S/C24H22F3N3O3/c25-24(26,27)18-6-9-22(17(14-18)15-30-10-12-32-13-11-30)33-19-7-4-16(5-8-19)20-2-1-3-21(29-20)23(28)31/h1-9,14H,10-13,15H2,(H2,28,31). The molecule has 0 radical (unpaired) electrons. The highest BCUT2D eigenvalue weighted by Crippen LogP contribution is 2.35. The fraction of sp³-hybridized carbons (Fsp3) is 0.250. The number of nitrogens with zero attached hydrogens (tertiary/aromatic N) is 2. The maximum atomic E-state index is 13.3. The highest BCUT2D eigenvalue weighted by molar-refractivity contribution is 5.91. The van der Waals surface area contributed by atoms with E-state index < -0.39 is 17.6 Å². The Labute approximate surface area is 188 Å². The van der Waals surface area contributed by atoms with Crippen LogP contribution in [0.15, 0.2) is 60.7 Å². The molecule has 1 aliphatic rings. The van der Waals surface area contributed by atoms with Crippen LogP contribution in [0.1, 0.15) is 21.6 Å². The number of pyridine rings is 1. The van der Waals surface area contributed by atoms with Crippen molar-refractivity contribution < 1.29 is 27.4 Å². The number of ether oxygens (including phenoxy) is 2. The van der Waals surface area contributed by atoms with Gasteiger partial charge in [0.25, 0.3) is 5.91 Å². The predicted molar refractivity (Wildman–Crippen MR) is 116 cm³/mol. The molecule has 1 fully saturated rings. The van der Waals surface area contributed by atoms with Crippen molar-refractivity contribution >= 4 is 5.91 Å². The number of rotatable bonds is 6. The van der Waals surface area contributed by atoms with Crippen LogP contribution >= 0.6 is 0 Å². The third-order valence-corrected chi connectivity index (χ3v) is 5.26. The van der Waals surface area contributed by atoms with Gasteiger partial charge in [0.05, 0.1) is 24.5 Å². The van der Waals surface area contributed by atoms with Crippen LogP contribution < -0.4 is 10.5 Å². The Kier molecular flexibility index (Phi) is 6.62. The maximum Gasteiger partial charge on any atom is 0.416 e. The second-order valence-electron chi connectivity index (χ2n) is 7.61. The van der Waals surface area contributed by atoms with Gasteiger partial charge in [0.1, 0.15) is 17.2 Å². The largest absolute Gasteiger partial charge is 0.457 e. The normalized spacial score (nSPS) is 14.8. The first-order valence-electron chi connectivity index (χ1n) is 10.3. The molecule has 3 aromatic rings. The number of carbonyl (C=O) groups is 1. The number of amides is 1. The molecule has 9 heteroatoms. The van der Waals surface area contributed by atoms with E-state index >= 15 is 0 Å². The summed E-state index contributed by atoms with van der Waals surface area (Å²) in [6, 6.07) is 15.4. The average molecular weight is 457 g/mol. The third-order valence-electron chi connectivity index (χ3n) is 5.26. The summed E-state index contributed by atoms with van der Waals surface area (Å²) >= 11 is 0. The topological polar surface area (TPSA) is 77.7 Å². The van der Waals surface area contributed by atoms with Crippen LogP contribution in [0.2, 0.25) is 0 Å². The second-order valence-corrected chi connectivity index (χ2v) is 7.61. The molecule has 1 aliphatic heterocycles. The van der Waals surface area contributed by atoms with Gasteiger partial charge in [-0.1, -0.05) is 6.07 Å². The first-order valence-corrected chi connectivity index (χ1v) is 10.3. The van der Waals surface area contributed by atoms with Crippen LogP contribution in [0.25, 0.3) is 11.3 Å². The lowest BCUT2D eigenvalue weighted by Gasteiger charge is -2.27. The molecular formula is C24H22F3N3O3. The van der Waals surface area contributed by atoms with E-state index in [9.17, 15) is 18.0 Å². The minimum absolute atomic E-state index is 0.158. The van der Waals surface area contributed by atoms with Gasteiger partial charge in [-0.25, -0.2) is 4.98 Å². The van der Waals surface area contributed by atoms with Crippen molar-refractivity contribution in [3.63, 3.8) is 0 Å². The van der Waals surface area contributed by atoms with E-state index in [2.05, 4.69) is 4.98 Å². The fourth-order valence-electron chi connectivity index (χ4n) is 3.53. The van der Waals surface area contributed by atoms with E-state index in [4.69, 9.17) is 15.2 Å². The molecule has 1 aromatic heterocycles. The minimum atomic E-state index is -4.44. The van der Waals surface area contributed by atoms with Crippen molar-refractivity contribution in [2.45, 2.75) is 12.7 Å². The Morgan fingerprint density at radius 1 is 1.06 bits per heavy atom. The van der Waals surface area contributed by atoms with E-state index in [1.165, 1.54) is 12.1 Å². The predicted octanol–water partition coefficient (Wildman–Crippen LogP) is 4.49. The summed E-state index contributed by atoms with van der Waals surface area (Å²) in [4.78, 5) is 17.6. The number of alkyl halides is 3. The third kappa shape index (κ3) is 5.68. The van der Waals surface area contributed by atoms with Crippen molar-refractivity contribution in [2.75, 3.05) is 26.3 Å². The summed E-state index contributed by atoms with van der Waals surface area (Å²) in [6.45, 7) is 2.69. The zero-order chi connectivity index (χ0) is 23.4. The van der Waals surface area contributed by atoms with Crippen molar-refractivity contribution in [3.05, 3.63) is 77.5 Å². The number of benzene rings is 2. The molecule has 6 nitrogen and oxygen atoms in total. The van der Waals surface area contributed by atoms with E-state index in [-0.39, 0.29) is 5.69 Å². The molecule has 2 aromatic carbocycles. The Morgan fingerprint density at radius 3 is 2.45 bits per heavy atom. The molecule has 2 heterocycles. The van der Waals surface area contributed by atoms with Gasteiger partial charge in [-0.05, 0) is 54.6 Å². The highest BCUT2D eigenvalue weighted by atomic mass is 19.4. The van der Waals surface area contributed by atoms with E-state index in [0.29, 0.717) is 55.6 Å². The number of carbonyl (C=O) groups excluding carboxylic acids is 1. The van der Waals surface area contributed by atoms with Gasteiger partial charge in [0, 0.05) is 30.8 Å². The molecule has 1 saturated heterocycles. The molecule has 2 N–H and O–H groups in total. The second kappa shape index (κ2) is 9.60. The summed E-state index contributed by atoms with van der Waals surface area (Å²) in [5.74, 6) is 0.204. The van der Waals surface area contributed by atoms with Crippen LogP contribution in [0.4, 0.5) is 13.2 Å². The van der Waals surface area contributed by atoms with Gasteiger partial charge >= 0.3 is 6.18 Å². The lowest BCUT2D eigenvalue weighted by molar-refractivity contribution is -0.137. The Morgan fingerprint density at radius 2 is 1.79 bits per heavy atom. The van der Waals surface area contributed by atoms with Crippen molar-refractivity contribution in [1.82, 2.24) is 9.88 Å². The maximum absolute atomic E-state index is 13.3. The van der Waals surface area contributed by atoms with Gasteiger partial charge < -0.3 is 15.2 Å². The van der Waals surface area contributed by atoms with Gasteiger partial charge in [0.15, 0.2) is 0 Å². The number of morpholine rings is 1. The van der Waals surface area contributed by atoms with Crippen LogP contribution in [0, 0.1) is 0 Å². The fourth-order valence-corrected chi connectivity index (χ4v) is 3.53. The Bertz CT molecular complexity index is 1130. The summed E-state index contributed by atoms with van der Waals surface area (Å²) in [5, 5.41) is 0. The van der Waals surface area contributed by atoms with Gasteiger partial charge in [-0.3, -0.25) is 9.69 Å². The monoisotopic (exact) mass is 457 g/mol. The molecule has 0 unspecified atom stereocenters. The average Bonchev–Trinajstić information content (AvgIpc) is 2.81. The van der Waals surface area contributed by atoms with Gasteiger partial charge in [-0.15, -0.1) is 0 Å². The van der Waals surface area contributed by atoms with Crippen molar-refractivity contribution in [2.24, 2.45) is 5.73 Å². The summed E-state index contributed by atoms with van der Waals surface area (Å²) in [5.41, 5.74) is 6.49.